The number of sulfonamides is 1. The Kier molecular flexibility index (Phi) is 7.14. The maximum Gasteiger partial charge on any atom is 0.279 e. The molecule has 1 aliphatic heterocycles. The van der Waals surface area contributed by atoms with Crippen molar-refractivity contribution in [3.8, 4) is 5.75 Å². The molecule has 0 saturated carbocycles. The van der Waals surface area contributed by atoms with Crippen molar-refractivity contribution in [1.82, 2.24) is 4.57 Å². The van der Waals surface area contributed by atoms with Gasteiger partial charge in [0.25, 0.3) is 15.9 Å². The van der Waals surface area contributed by atoms with Crippen molar-refractivity contribution in [2.45, 2.75) is 24.3 Å². The molecule has 0 aliphatic carbocycles. The second-order valence-electron chi connectivity index (χ2n) is 8.61. The number of carbonyl (C=O) groups is 1. The van der Waals surface area contributed by atoms with Crippen molar-refractivity contribution >= 4 is 43.2 Å². The smallest absolute Gasteiger partial charge is 0.279 e. The van der Waals surface area contributed by atoms with Gasteiger partial charge in [-0.05, 0) is 66.9 Å². The number of amides is 1. The van der Waals surface area contributed by atoms with Gasteiger partial charge in [0.15, 0.2) is 4.80 Å². The maximum atomic E-state index is 13.4. The summed E-state index contributed by atoms with van der Waals surface area (Å²) in [5.41, 5.74) is 2.97. The van der Waals surface area contributed by atoms with Crippen molar-refractivity contribution in [3.63, 3.8) is 0 Å². The van der Waals surface area contributed by atoms with Crippen molar-refractivity contribution in [2.75, 3.05) is 31.7 Å². The van der Waals surface area contributed by atoms with Gasteiger partial charge < -0.3 is 14.0 Å². The fraction of sp³-hybridized carbons (Fsp3) is 0.259. The molecule has 8 nitrogen and oxygen atoms in total. The lowest BCUT2D eigenvalue weighted by Gasteiger charge is -2.30. The monoisotopic (exact) mass is 537 g/mol. The fourth-order valence-corrected chi connectivity index (χ4v) is 7.09. The molecular weight excluding hydrogens is 510 g/mol. The molecule has 192 valence electrons. The van der Waals surface area contributed by atoms with Crippen molar-refractivity contribution in [2.24, 2.45) is 4.99 Å². The van der Waals surface area contributed by atoms with Crippen LogP contribution in [-0.2, 0) is 27.7 Å². The number of rotatable bonds is 7. The second-order valence-corrected chi connectivity index (χ2v) is 11.5. The standard InChI is InChI=1S/C27H27N3O5S2/c1-34-17-16-29-24-14-11-21(35-2)18-25(24)36-27(29)28-26(31)20-9-12-22(13-10-20)37(32,33)30-15-5-7-19-6-3-4-8-23(19)30/h3-4,6,8-14,18H,5,7,15-17H2,1-2H3. The highest BCUT2D eigenvalue weighted by Crippen LogP contribution is 2.32. The first-order chi connectivity index (χ1) is 17.9. The van der Waals surface area contributed by atoms with E-state index in [4.69, 9.17) is 9.47 Å². The van der Waals surface area contributed by atoms with E-state index in [1.165, 1.54) is 39.9 Å². The first-order valence-corrected chi connectivity index (χ1v) is 14.1. The summed E-state index contributed by atoms with van der Waals surface area (Å²) in [6.07, 6.45) is 1.61. The molecule has 3 aromatic carbocycles. The molecule has 37 heavy (non-hydrogen) atoms. The summed E-state index contributed by atoms with van der Waals surface area (Å²) in [6.45, 7) is 1.42. The Morgan fingerprint density at radius 1 is 1.05 bits per heavy atom. The van der Waals surface area contributed by atoms with Crippen LogP contribution in [0, 0.1) is 0 Å². The molecule has 1 aromatic heterocycles. The van der Waals surface area contributed by atoms with Crippen molar-refractivity contribution in [3.05, 3.63) is 82.7 Å². The van der Waals surface area contributed by atoms with Crippen molar-refractivity contribution in [1.29, 1.82) is 0 Å². The van der Waals surface area contributed by atoms with Gasteiger partial charge in [-0.2, -0.15) is 4.99 Å². The molecule has 1 aliphatic rings. The van der Waals surface area contributed by atoms with Gasteiger partial charge in [0.1, 0.15) is 5.75 Å². The highest BCUT2D eigenvalue weighted by atomic mass is 32.2. The minimum Gasteiger partial charge on any atom is -0.497 e. The van der Waals surface area contributed by atoms with Crippen molar-refractivity contribution < 1.29 is 22.7 Å². The number of aromatic nitrogens is 1. The summed E-state index contributed by atoms with van der Waals surface area (Å²) >= 11 is 1.38. The lowest BCUT2D eigenvalue weighted by atomic mass is 10.0. The van der Waals surface area contributed by atoms with Gasteiger partial charge in [-0.3, -0.25) is 9.10 Å². The summed E-state index contributed by atoms with van der Waals surface area (Å²) in [5.74, 6) is 0.274. The Balaban J connectivity index is 1.46. The topological polar surface area (TPSA) is 90.2 Å². The molecule has 0 saturated heterocycles. The predicted octanol–water partition coefficient (Wildman–Crippen LogP) is 4.24. The fourth-order valence-electron chi connectivity index (χ4n) is 4.46. The summed E-state index contributed by atoms with van der Waals surface area (Å²) < 4.78 is 41.7. The molecule has 0 atom stereocenters. The molecule has 0 N–H and O–H groups in total. The maximum absolute atomic E-state index is 13.4. The number of para-hydroxylation sites is 1. The van der Waals surface area contributed by atoms with E-state index >= 15 is 0 Å². The average Bonchev–Trinajstić information content (AvgIpc) is 3.27. The Bertz CT molecular complexity index is 1620. The van der Waals surface area contributed by atoms with E-state index in [0.717, 1.165) is 34.4 Å². The van der Waals surface area contributed by atoms with Gasteiger partial charge in [0.05, 0.1) is 34.5 Å². The number of thiazole rings is 1. The zero-order chi connectivity index (χ0) is 26.0. The van der Waals surface area contributed by atoms with Crippen LogP contribution in [0.1, 0.15) is 22.3 Å². The number of aryl methyl sites for hydroxylation is 1. The van der Waals surface area contributed by atoms with Gasteiger partial charge in [-0.1, -0.05) is 29.5 Å². The molecular formula is C27H27N3O5S2. The van der Waals surface area contributed by atoms with Crippen LogP contribution in [-0.4, -0.2) is 46.3 Å². The van der Waals surface area contributed by atoms with Crippen LogP contribution in [0.2, 0.25) is 0 Å². The molecule has 2 heterocycles. The van der Waals surface area contributed by atoms with Crippen LogP contribution in [0.4, 0.5) is 5.69 Å². The molecule has 4 aromatic rings. The Hall–Kier alpha value is -3.47. The van der Waals surface area contributed by atoms with Crippen LogP contribution in [0.15, 0.2) is 76.6 Å². The Morgan fingerprint density at radius 3 is 2.59 bits per heavy atom. The highest BCUT2D eigenvalue weighted by molar-refractivity contribution is 7.92. The van der Waals surface area contributed by atoms with Crippen LogP contribution in [0.25, 0.3) is 10.2 Å². The molecule has 1 amide bonds. The summed E-state index contributed by atoms with van der Waals surface area (Å²) in [4.78, 5) is 18.1. The average molecular weight is 538 g/mol. The molecule has 0 fully saturated rings. The second kappa shape index (κ2) is 10.5. The number of anilines is 1. The van der Waals surface area contributed by atoms with Gasteiger partial charge in [0, 0.05) is 25.8 Å². The number of nitrogens with zero attached hydrogens (tertiary/aromatic N) is 3. The number of fused-ring (bicyclic) bond motifs is 2. The largest absolute Gasteiger partial charge is 0.497 e. The minimum atomic E-state index is -3.75. The molecule has 0 radical (unpaired) electrons. The quantitative estimate of drug-likeness (QED) is 0.352. The highest BCUT2D eigenvalue weighted by Gasteiger charge is 2.29. The number of carbonyl (C=O) groups excluding carboxylic acids is 1. The number of benzene rings is 3. The minimum absolute atomic E-state index is 0.143. The van der Waals surface area contributed by atoms with E-state index in [0.29, 0.717) is 35.7 Å². The Morgan fingerprint density at radius 2 is 1.84 bits per heavy atom. The van der Waals surface area contributed by atoms with Gasteiger partial charge in [-0.25, -0.2) is 8.42 Å². The normalized spacial score (nSPS) is 14.1. The lowest BCUT2D eigenvalue weighted by molar-refractivity contribution is 0.0997. The van der Waals surface area contributed by atoms with E-state index in [9.17, 15) is 13.2 Å². The van der Waals surface area contributed by atoms with E-state index in [-0.39, 0.29) is 4.90 Å². The molecule has 0 unspecified atom stereocenters. The molecule has 10 heteroatoms. The van der Waals surface area contributed by atoms with E-state index in [2.05, 4.69) is 4.99 Å². The number of hydrogen-bond donors (Lipinski definition) is 0. The molecule has 0 bridgehead atoms. The van der Waals surface area contributed by atoms with Gasteiger partial charge in [0.2, 0.25) is 0 Å². The number of hydrogen-bond acceptors (Lipinski definition) is 6. The predicted molar refractivity (Wildman–Crippen MR) is 144 cm³/mol. The van der Waals surface area contributed by atoms with Crippen LogP contribution in [0.5, 0.6) is 5.75 Å². The molecule has 5 rings (SSSR count). The van der Waals surface area contributed by atoms with Gasteiger partial charge in [-0.15, -0.1) is 0 Å². The summed E-state index contributed by atoms with van der Waals surface area (Å²) in [6, 6.07) is 19.3. The lowest BCUT2D eigenvalue weighted by Crippen LogP contribution is -2.35. The van der Waals surface area contributed by atoms with Crippen LogP contribution in [0.3, 0.4) is 0 Å². The third-order valence-electron chi connectivity index (χ3n) is 6.36. The van der Waals surface area contributed by atoms with E-state index in [1.54, 1.807) is 14.2 Å². The number of methoxy groups -OCH3 is 2. The third-order valence-corrected chi connectivity index (χ3v) is 9.23. The summed E-state index contributed by atoms with van der Waals surface area (Å²) in [5, 5.41) is 0. The van der Waals surface area contributed by atoms with Gasteiger partial charge >= 0.3 is 0 Å². The van der Waals surface area contributed by atoms with E-state index in [1.807, 2.05) is 47.0 Å². The van der Waals surface area contributed by atoms with Crippen LogP contribution >= 0.6 is 11.3 Å². The zero-order valence-corrected chi connectivity index (χ0v) is 22.2. The van der Waals surface area contributed by atoms with Crippen LogP contribution < -0.4 is 13.8 Å². The first-order valence-electron chi connectivity index (χ1n) is 11.9. The Labute approximate surface area is 219 Å². The first kappa shape index (κ1) is 25.2. The summed E-state index contributed by atoms with van der Waals surface area (Å²) in [7, 11) is -0.523. The third kappa shape index (κ3) is 4.92. The SMILES string of the molecule is COCCn1c(=NC(=O)c2ccc(S(=O)(=O)N3CCCc4ccccc43)cc2)sc2cc(OC)ccc21. The van der Waals surface area contributed by atoms with E-state index < -0.39 is 15.9 Å². The molecule has 0 spiro atoms. The number of ether oxygens (including phenoxy) is 2. The zero-order valence-electron chi connectivity index (χ0n) is 20.6.